The van der Waals surface area contributed by atoms with E-state index in [1.807, 2.05) is 0 Å². The van der Waals surface area contributed by atoms with Crippen molar-refractivity contribution >= 4 is 34.2 Å². The number of aromatic carboxylic acids is 1. The van der Waals surface area contributed by atoms with Crippen molar-refractivity contribution in [1.29, 1.82) is 0 Å². The number of aryl methyl sites for hydroxylation is 1. The number of amides is 1. The highest BCUT2D eigenvalue weighted by Gasteiger charge is 2.32. The van der Waals surface area contributed by atoms with Crippen LogP contribution in [0.15, 0.2) is 11.0 Å². The van der Waals surface area contributed by atoms with Crippen LogP contribution in [0.4, 0.5) is 15.8 Å². The lowest BCUT2D eigenvalue weighted by molar-refractivity contribution is -0.129. The lowest BCUT2D eigenvalue weighted by Gasteiger charge is -2.37. The number of piperazine rings is 1. The molecular formula is C20H23FN4O4. The Kier molecular flexibility index (Phi) is 4.48. The summed E-state index contributed by atoms with van der Waals surface area (Å²) in [4.78, 5) is 39.5. The Hall–Kier alpha value is -3.10. The summed E-state index contributed by atoms with van der Waals surface area (Å²) in [5, 5.41) is 9.46. The number of hydrogen-bond acceptors (Lipinski definition) is 5. The van der Waals surface area contributed by atoms with Gasteiger partial charge < -0.3 is 25.2 Å². The molecule has 0 spiro atoms. The molecule has 1 saturated carbocycles. The number of carbonyl (C=O) groups is 2. The highest BCUT2D eigenvalue weighted by Crippen LogP contribution is 2.42. The summed E-state index contributed by atoms with van der Waals surface area (Å²) >= 11 is 0. The van der Waals surface area contributed by atoms with Gasteiger partial charge in [-0.3, -0.25) is 9.59 Å². The third-order valence-corrected chi connectivity index (χ3v) is 5.87. The first kappa shape index (κ1) is 19.2. The maximum Gasteiger partial charge on any atom is 0.341 e. The Bertz CT molecular complexity index is 1100. The molecule has 154 valence electrons. The zero-order valence-corrected chi connectivity index (χ0v) is 16.4. The van der Waals surface area contributed by atoms with Crippen LogP contribution in [0.3, 0.4) is 0 Å². The van der Waals surface area contributed by atoms with Crippen LogP contribution in [-0.2, 0) is 4.79 Å². The molecule has 3 N–H and O–H groups in total. The fourth-order valence-corrected chi connectivity index (χ4v) is 4.12. The van der Waals surface area contributed by atoms with Crippen molar-refractivity contribution in [3.05, 3.63) is 33.4 Å². The Morgan fingerprint density at radius 3 is 2.34 bits per heavy atom. The number of nitrogens with two attached hydrogens (primary N) is 1. The van der Waals surface area contributed by atoms with Gasteiger partial charge in [0.2, 0.25) is 11.3 Å². The van der Waals surface area contributed by atoms with Crippen molar-refractivity contribution in [2.45, 2.75) is 32.7 Å². The third-order valence-electron chi connectivity index (χ3n) is 5.87. The zero-order valence-electron chi connectivity index (χ0n) is 16.4. The van der Waals surface area contributed by atoms with E-state index in [1.54, 1.807) is 14.4 Å². The van der Waals surface area contributed by atoms with Crippen LogP contribution in [0.1, 0.15) is 41.7 Å². The number of anilines is 2. The molecule has 1 amide bonds. The zero-order chi connectivity index (χ0) is 21.0. The monoisotopic (exact) mass is 402 g/mol. The number of fused-ring (bicyclic) bond motifs is 1. The predicted octanol–water partition coefficient (Wildman–Crippen LogP) is 1.73. The Labute approximate surface area is 166 Å². The van der Waals surface area contributed by atoms with Crippen molar-refractivity contribution in [2.75, 3.05) is 36.8 Å². The van der Waals surface area contributed by atoms with Crippen LogP contribution in [0.2, 0.25) is 0 Å². The van der Waals surface area contributed by atoms with Gasteiger partial charge in [0.25, 0.3) is 0 Å². The average molecular weight is 402 g/mol. The summed E-state index contributed by atoms with van der Waals surface area (Å²) < 4.78 is 17.1. The molecule has 1 aliphatic carbocycles. The van der Waals surface area contributed by atoms with Crippen LogP contribution < -0.4 is 16.1 Å². The summed E-state index contributed by atoms with van der Waals surface area (Å²) in [5.41, 5.74) is 6.15. The topological polar surface area (TPSA) is 109 Å². The standard InChI is InChI=1S/C20H23FN4O4/c1-10-14-17(25(12-3-4-12)9-13(19(14)27)20(28)29)16(22)18(15(10)21)24-7-5-23(6-8-24)11(2)26/h9,12H,3-8,22H2,1-2H3,(H,28,29). The second kappa shape index (κ2) is 6.75. The first-order valence-corrected chi connectivity index (χ1v) is 9.62. The SMILES string of the molecule is CC(=O)N1CCN(c2c(F)c(C)c3c(=O)c(C(=O)O)cn(C4CC4)c3c2N)CC1. The molecule has 0 radical (unpaired) electrons. The quantitative estimate of drug-likeness (QED) is 0.757. The molecular weight excluding hydrogens is 379 g/mol. The Morgan fingerprint density at radius 1 is 1.21 bits per heavy atom. The number of halogens is 1. The molecule has 0 bridgehead atoms. The number of nitrogen functional groups attached to an aromatic ring is 1. The molecule has 2 fully saturated rings. The van der Waals surface area contributed by atoms with Crippen LogP contribution in [-0.4, -0.2) is 52.6 Å². The van der Waals surface area contributed by atoms with Gasteiger partial charge in [-0.25, -0.2) is 9.18 Å². The molecule has 29 heavy (non-hydrogen) atoms. The van der Waals surface area contributed by atoms with E-state index in [-0.39, 0.29) is 39.8 Å². The lowest BCUT2D eigenvalue weighted by Crippen LogP contribution is -2.48. The summed E-state index contributed by atoms with van der Waals surface area (Å²) in [6.45, 7) is 4.74. The van der Waals surface area contributed by atoms with E-state index in [2.05, 4.69) is 0 Å². The van der Waals surface area contributed by atoms with E-state index < -0.39 is 17.2 Å². The molecule has 0 unspecified atom stereocenters. The van der Waals surface area contributed by atoms with Crippen molar-refractivity contribution in [3.63, 3.8) is 0 Å². The van der Waals surface area contributed by atoms with Crippen LogP contribution >= 0.6 is 0 Å². The van der Waals surface area contributed by atoms with E-state index >= 15 is 4.39 Å². The normalized spacial score (nSPS) is 17.1. The molecule has 8 nitrogen and oxygen atoms in total. The maximum atomic E-state index is 15.4. The smallest absolute Gasteiger partial charge is 0.341 e. The summed E-state index contributed by atoms with van der Waals surface area (Å²) in [6, 6.07) is 0.0470. The van der Waals surface area contributed by atoms with Crippen LogP contribution in [0.5, 0.6) is 0 Å². The first-order chi connectivity index (χ1) is 13.7. The molecule has 1 aliphatic heterocycles. The third kappa shape index (κ3) is 3.01. The van der Waals surface area contributed by atoms with E-state index in [4.69, 9.17) is 5.73 Å². The van der Waals surface area contributed by atoms with E-state index in [1.165, 1.54) is 20.0 Å². The highest BCUT2D eigenvalue weighted by atomic mass is 19.1. The van der Waals surface area contributed by atoms with Crippen molar-refractivity contribution in [2.24, 2.45) is 0 Å². The molecule has 2 aliphatic rings. The molecule has 1 aromatic carbocycles. The first-order valence-electron chi connectivity index (χ1n) is 9.62. The van der Waals surface area contributed by atoms with Gasteiger partial charge in [-0.15, -0.1) is 0 Å². The average Bonchev–Trinajstić information content (AvgIpc) is 3.51. The molecule has 2 heterocycles. The minimum atomic E-state index is -1.34. The Morgan fingerprint density at radius 2 is 1.83 bits per heavy atom. The second-order valence-electron chi connectivity index (χ2n) is 7.73. The molecule has 0 atom stereocenters. The second-order valence-corrected chi connectivity index (χ2v) is 7.73. The molecule has 2 aromatic rings. The molecule has 4 rings (SSSR count). The number of nitrogens with zero attached hydrogens (tertiary/aromatic N) is 3. The van der Waals surface area contributed by atoms with E-state index in [0.717, 1.165) is 12.8 Å². The van der Waals surface area contributed by atoms with Crippen molar-refractivity contribution in [1.82, 2.24) is 9.47 Å². The number of carboxylic acid groups (broad SMARTS) is 1. The minimum Gasteiger partial charge on any atom is -0.477 e. The summed E-state index contributed by atoms with van der Waals surface area (Å²) in [6.07, 6.45) is 3.02. The lowest BCUT2D eigenvalue weighted by atomic mass is 10.0. The number of benzene rings is 1. The van der Waals surface area contributed by atoms with E-state index in [0.29, 0.717) is 31.7 Å². The summed E-state index contributed by atoms with van der Waals surface area (Å²) in [5.74, 6) is -1.99. The predicted molar refractivity (Wildman–Crippen MR) is 107 cm³/mol. The number of rotatable bonds is 3. The molecule has 1 saturated heterocycles. The number of hydrogen-bond donors (Lipinski definition) is 2. The van der Waals surface area contributed by atoms with E-state index in [9.17, 15) is 19.5 Å². The van der Waals surface area contributed by atoms with Gasteiger partial charge in [-0.2, -0.15) is 0 Å². The highest BCUT2D eigenvalue weighted by molar-refractivity contribution is 6.02. The van der Waals surface area contributed by atoms with Gasteiger partial charge >= 0.3 is 5.97 Å². The van der Waals surface area contributed by atoms with Gasteiger partial charge in [-0.05, 0) is 19.8 Å². The van der Waals surface area contributed by atoms with Crippen LogP contribution in [0, 0.1) is 12.7 Å². The van der Waals surface area contributed by atoms with Gasteiger partial charge in [0, 0.05) is 50.9 Å². The number of carboxylic acids is 1. The van der Waals surface area contributed by atoms with Crippen molar-refractivity contribution in [3.8, 4) is 0 Å². The van der Waals surface area contributed by atoms with Gasteiger partial charge in [-0.1, -0.05) is 0 Å². The number of carbonyl (C=O) groups excluding carboxylic acids is 1. The van der Waals surface area contributed by atoms with Crippen molar-refractivity contribution < 1.29 is 19.1 Å². The fourth-order valence-electron chi connectivity index (χ4n) is 4.12. The fraction of sp³-hybridized carbons (Fsp3) is 0.450. The Balaban J connectivity index is 1.94. The minimum absolute atomic E-state index is 0.0259. The molecule has 1 aromatic heterocycles. The van der Waals surface area contributed by atoms with Gasteiger partial charge in [0.1, 0.15) is 5.56 Å². The van der Waals surface area contributed by atoms with Crippen LogP contribution in [0.25, 0.3) is 10.9 Å². The largest absolute Gasteiger partial charge is 0.477 e. The summed E-state index contributed by atoms with van der Waals surface area (Å²) in [7, 11) is 0. The maximum absolute atomic E-state index is 15.4. The van der Waals surface area contributed by atoms with Gasteiger partial charge in [0.15, 0.2) is 5.82 Å². The number of pyridine rings is 1. The van der Waals surface area contributed by atoms with Gasteiger partial charge in [0.05, 0.1) is 22.3 Å². The number of aromatic nitrogens is 1. The molecule has 9 heteroatoms.